The molecule has 0 saturated heterocycles. The lowest BCUT2D eigenvalue weighted by atomic mass is 9.44. The summed E-state index contributed by atoms with van der Waals surface area (Å²) < 4.78 is 5.82. The van der Waals surface area contributed by atoms with Crippen molar-refractivity contribution in [3.05, 3.63) is 0 Å². The number of hydrogen-bond acceptors (Lipinski definition) is 3. The van der Waals surface area contributed by atoms with E-state index in [-0.39, 0.29) is 28.3 Å². The molecule has 0 aromatic heterocycles. The molecular formula is C26H42O3. The van der Waals surface area contributed by atoms with Crippen molar-refractivity contribution in [3.63, 3.8) is 0 Å². The number of fused-ring (bicyclic) bond motifs is 3. The molecule has 3 heteroatoms. The molecule has 0 heterocycles. The third-order valence-electron chi connectivity index (χ3n) is 11.6. The molecule has 5 rings (SSSR count). The van der Waals surface area contributed by atoms with Crippen LogP contribution >= 0.6 is 0 Å². The van der Waals surface area contributed by atoms with Crippen LogP contribution in [0.15, 0.2) is 0 Å². The van der Waals surface area contributed by atoms with Crippen LogP contribution in [0.1, 0.15) is 91.9 Å². The smallest absolute Gasteiger partial charge is 0.142 e. The Bertz CT molecular complexity index is 702. The monoisotopic (exact) mass is 402 g/mol. The average Bonchev–Trinajstić information content (AvgIpc) is 3.15. The summed E-state index contributed by atoms with van der Waals surface area (Å²) in [5.74, 6) is 3.17. The molecule has 0 unspecified atom stereocenters. The van der Waals surface area contributed by atoms with E-state index >= 15 is 0 Å². The van der Waals surface area contributed by atoms with E-state index in [1.54, 1.807) is 7.11 Å². The van der Waals surface area contributed by atoms with Crippen LogP contribution in [0.2, 0.25) is 0 Å². The third-order valence-corrected chi connectivity index (χ3v) is 11.6. The third kappa shape index (κ3) is 2.11. The Balaban J connectivity index is 1.58. The lowest BCUT2D eigenvalue weighted by molar-refractivity contribution is -0.183. The molecule has 0 spiro atoms. The summed E-state index contributed by atoms with van der Waals surface area (Å²) in [6.45, 7) is 9.56. The summed E-state index contributed by atoms with van der Waals surface area (Å²) in [4.78, 5) is 13.3. The van der Waals surface area contributed by atoms with Crippen molar-refractivity contribution in [2.45, 2.75) is 104 Å². The number of methoxy groups -OCH3 is 1. The van der Waals surface area contributed by atoms with Crippen molar-refractivity contribution in [1.82, 2.24) is 0 Å². The molecule has 1 N–H and O–H groups in total. The van der Waals surface area contributed by atoms with Gasteiger partial charge in [-0.3, -0.25) is 4.79 Å². The molecule has 9 atom stereocenters. The minimum Gasteiger partial charge on any atom is -0.386 e. The van der Waals surface area contributed by atoms with Gasteiger partial charge in [-0.15, -0.1) is 0 Å². The van der Waals surface area contributed by atoms with Crippen LogP contribution in [0.25, 0.3) is 0 Å². The number of rotatable bonds is 4. The van der Waals surface area contributed by atoms with Crippen molar-refractivity contribution < 1.29 is 14.6 Å². The molecule has 0 aromatic carbocycles. The zero-order chi connectivity index (χ0) is 20.8. The lowest BCUT2D eigenvalue weighted by Crippen LogP contribution is -2.58. The molecule has 0 aliphatic heterocycles. The van der Waals surface area contributed by atoms with Gasteiger partial charge in [-0.25, -0.2) is 0 Å². The molecule has 29 heavy (non-hydrogen) atoms. The highest BCUT2D eigenvalue weighted by molar-refractivity contribution is 5.88. The van der Waals surface area contributed by atoms with E-state index in [0.717, 1.165) is 37.0 Å². The number of Topliss-reactive ketones (excluding diaryl/α,β-unsaturated/α-hetero) is 1. The van der Waals surface area contributed by atoms with Gasteiger partial charge in [0.2, 0.25) is 0 Å². The summed E-state index contributed by atoms with van der Waals surface area (Å²) in [6.07, 6.45) is 11.4. The highest BCUT2D eigenvalue weighted by atomic mass is 16.5. The number of carbonyl (C=O) groups is 1. The van der Waals surface area contributed by atoms with Crippen molar-refractivity contribution in [2.24, 2.45) is 45.8 Å². The van der Waals surface area contributed by atoms with Crippen LogP contribution in [-0.4, -0.2) is 29.7 Å². The predicted molar refractivity (Wildman–Crippen MR) is 114 cm³/mol. The van der Waals surface area contributed by atoms with Gasteiger partial charge in [0.15, 0.2) is 0 Å². The fraction of sp³-hybridized carbons (Fsp3) is 0.962. The molecule has 0 amide bonds. The van der Waals surface area contributed by atoms with Crippen LogP contribution < -0.4 is 0 Å². The molecule has 2 bridgehead atoms. The van der Waals surface area contributed by atoms with E-state index in [2.05, 4.69) is 27.7 Å². The molecule has 5 aliphatic carbocycles. The van der Waals surface area contributed by atoms with Gasteiger partial charge in [0, 0.05) is 18.9 Å². The predicted octanol–water partition coefficient (Wildman–Crippen LogP) is 5.39. The Hall–Kier alpha value is -0.410. The maximum atomic E-state index is 13.3. The molecule has 3 nitrogen and oxygen atoms in total. The number of ketones is 1. The summed E-state index contributed by atoms with van der Waals surface area (Å²) in [7, 11) is 1.70. The van der Waals surface area contributed by atoms with Crippen molar-refractivity contribution in [3.8, 4) is 0 Å². The minimum absolute atomic E-state index is 0.00195. The standard InChI is InChI=1S/C26H42O3/c1-16(2)9-10-17-7-6-8-19-18(17)11-12-25-14-13-23(3,24(19,25)4)26(28)21(29-5)15-20(27)22(25)26/h16-19,21-22,28H,6-15H2,1-5H3/t17-,18-,19+,21+,22+,23+,24-,25+,26-/m1/s1. The first-order valence-electron chi connectivity index (χ1n) is 12.5. The van der Waals surface area contributed by atoms with Crippen molar-refractivity contribution in [2.75, 3.05) is 7.11 Å². The summed E-state index contributed by atoms with van der Waals surface area (Å²) in [5.41, 5.74) is -1.11. The first kappa shape index (κ1) is 20.5. The second kappa shape index (κ2) is 6.31. The number of carbonyl (C=O) groups excluding carboxylic acids is 1. The first-order chi connectivity index (χ1) is 13.7. The normalized spacial score (nSPS) is 55.8. The quantitative estimate of drug-likeness (QED) is 0.686. The van der Waals surface area contributed by atoms with Crippen molar-refractivity contribution >= 4 is 5.78 Å². The van der Waals surface area contributed by atoms with E-state index in [1.165, 1.54) is 38.5 Å². The van der Waals surface area contributed by atoms with Crippen LogP contribution in [0.4, 0.5) is 0 Å². The Morgan fingerprint density at radius 1 is 1.14 bits per heavy atom. The highest BCUT2D eigenvalue weighted by Crippen LogP contribution is 2.86. The van der Waals surface area contributed by atoms with E-state index in [0.29, 0.717) is 18.1 Å². The van der Waals surface area contributed by atoms with E-state index < -0.39 is 5.60 Å². The van der Waals surface area contributed by atoms with E-state index in [4.69, 9.17) is 4.74 Å². The van der Waals surface area contributed by atoms with Crippen LogP contribution in [0, 0.1) is 45.8 Å². The second-order valence-electron chi connectivity index (χ2n) is 12.3. The van der Waals surface area contributed by atoms with Crippen LogP contribution in [0.5, 0.6) is 0 Å². The average molecular weight is 403 g/mol. The van der Waals surface area contributed by atoms with Gasteiger partial charge in [-0.2, -0.15) is 0 Å². The second-order valence-corrected chi connectivity index (χ2v) is 12.3. The van der Waals surface area contributed by atoms with Gasteiger partial charge < -0.3 is 9.84 Å². The highest BCUT2D eigenvalue weighted by Gasteiger charge is 2.88. The molecular weight excluding hydrogens is 360 g/mol. The van der Waals surface area contributed by atoms with E-state index in [1.807, 2.05) is 0 Å². The topological polar surface area (TPSA) is 46.5 Å². The summed E-state index contributed by atoms with van der Waals surface area (Å²) in [6, 6.07) is 0. The Kier molecular flexibility index (Phi) is 4.46. The number of ether oxygens (including phenoxy) is 1. The molecule has 164 valence electrons. The van der Waals surface area contributed by atoms with Gasteiger partial charge in [0.05, 0.1) is 12.0 Å². The maximum Gasteiger partial charge on any atom is 0.142 e. The number of hydrogen-bond donors (Lipinski definition) is 1. The zero-order valence-electron chi connectivity index (χ0n) is 19.3. The van der Waals surface area contributed by atoms with Gasteiger partial charge >= 0.3 is 0 Å². The lowest BCUT2D eigenvalue weighted by Gasteiger charge is -2.60. The van der Waals surface area contributed by atoms with Gasteiger partial charge in [-0.1, -0.05) is 47.0 Å². The molecule has 0 radical (unpaired) electrons. The van der Waals surface area contributed by atoms with Gasteiger partial charge in [-0.05, 0) is 73.0 Å². The Morgan fingerprint density at radius 2 is 1.90 bits per heavy atom. The Morgan fingerprint density at radius 3 is 2.59 bits per heavy atom. The van der Waals surface area contributed by atoms with Gasteiger partial charge in [0.25, 0.3) is 0 Å². The molecule has 5 aliphatic rings. The molecule has 5 fully saturated rings. The SMILES string of the molecule is CO[C@H]1CC(=O)[C@H]2[C@@]34CC[C@@H]5[C@@H](CCC(C)C)CCC[C@@H]5[C@]3(C)[C@](C)(CC4)[C@@]12O. The fourth-order valence-electron chi connectivity index (χ4n) is 10.3. The fourth-order valence-corrected chi connectivity index (χ4v) is 10.3. The zero-order valence-corrected chi connectivity index (χ0v) is 19.3. The molecule has 5 saturated carbocycles. The first-order valence-corrected chi connectivity index (χ1v) is 12.5. The van der Waals surface area contributed by atoms with Crippen LogP contribution in [0.3, 0.4) is 0 Å². The summed E-state index contributed by atoms with van der Waals surface area (Å²) in [5, 5.41) is 12.3. The summed E-state index contributed by atoms with van der Waals surface area (Å²) >= 11 is 0. The van der Waals surface area contributed by atoms with E-state index in [9.17, 15) is 9.90 Å². The molecule has 0 aromatic rings. The Labute approximate surface area is 177 Å². The van der Waals surface area contributed by atoms with Gasteiger partial charge in [0.1, 0.15) is 11.4 Å². The largest absolute Gasteiger partial charge is 0.386 e. The minimum atomic E-state index is -0.967. The van der Waals surface area contributed by atoms with Crippen molar-refractivity contribution in [1.29, 1.82) is 0 Å². The maximum absolute atomic E-state index is 13.3. The van der Waals surface area contributed by atoms with Crippen LogP contribution in [-0.2, 0) is 9.53 Å². The number of aliphatic hydroxyl groups is 1.